The van der Waals surface area contributed by atoms with Crippen LogP contribution in [0.5, 0.6) is 0 Å². The van der Waals surface area contributed by atoms with E-state index in [-0.39, 0.29) is 24.9 Å². The van der Waals surface area contributed by atoms with Gasteiger partial charge in [-0.3, -0.25) is 4.79 Å². The van der Waals surface area contributed by atoms with Crippen molar-refractivity contribution in [3.05, 3.63) is 64.4 Å². The third-order valence-electron chi connectivity index (χ3n) is 6.01. The molecule has 2 heterocycles. The van der Waals surface area contributed by atoms with E-state index < -0.39 is 0 Å². The minimum Gasteiger partial charge on any atom is -0.395 e. The van der Waals surface area contributed by atoms with Gasteiger partial charge in [0, 0.05) is 24.7 Å². The molecule has 1 saturated carbocycles. The number of rotatable bonds is 8. The summed E-state index contributed by atoms with van der Waals surface area (Å²) in [5, 5.41) is 16.4. The van der Waals surface area contributed by atoms with Crippen LogP contribution in [0.25, 0.3) is 10.2 Å². The van der Waals surface area contributed by atoms with Crippen LogP contribution in [0.15, 0.2) is 42.6 Å². The Kier molecular flexibility index (Phi) is 7.27. The van der Waals surface area contributed by atoms with E-state index in [0.29, 0.717) is 18.4 Å². The number of carbonyl (C=O) groups excluding carboxylic acids is 1. The van der Waals surface area contributed by atoms with E-state index >= 15 is 0 Å². The van der Waals surface area contributed by atoms with Crippen molar-refractivity contribution < 1.29 is 14.3 Å². The number of hydrogen-bond donors (Lipinski definition) is 3. The Hall–Kier alpha value is -2.35. The predicted octanol–water partition coefficient (Wildman–Crippen LogP) is 4.22. The summed E-state index contributed by atoms with van der Waals surface area (Å²) in [5.41, 5.74) is 2.08. The molecular weight excluding hydrogens is 413 g/mol. The Bertz CT molecular complexity index is 1030. The van der Waals surface area contributed by atoms with Gasteiger partial charge in [-0.1, -0.05) is 18.2 Å². The molecule has 1 aromatic carbocycles. The first kappa shape index (κ1) is 21.9. The lowest BCUT2D eigenvalue weighted by atomic mass is 9.78. The number of pyridine rings is 1. The van der Waals surface area contributed by atoms with Crippen LogP contribution in [-0.2, 0) is 6.54 Å². The zero-order chi connectivity index (χ0) is 21.6. The molecular formula is C24H28FN3O2S. The highest BCUT2D eigenvalue weighted by Gasteiger charge is 2.29. The van der Waals surface area contributed by atoms with Crippen LogP contribution in [0.2, 0.25) is 0 Å². The van der Waals surface area contributed by atoms with Gasteiger partial charge in [0.1, 0.15) is 10.6 Å². The minimum absolute atomic E-state index is 0.0715. The van der Waals surface area contributed by atoms with E-state index in [1.807, 2.05) is 12.1 Å². The van der Waals surface area contributed by atoms with Crippen LogP contribution in [0, 0.1) is 11.7 Å². The molecule has 0 saturated heterocycles. The molecule has 0 bridgehead atoms. The van der Waals surface area contributed by atoms with Crippen LogP contribution >= 0.6 is 11.3 Å². The van der Waals surface area contributed by atoms with Crippen molar-refractivity contribution in [2.75, 3.05) is 19.7 Å². The van der Waals surface area contributed by atoms with Crippen LogP contribution in [-0.4, -0.2) is 35.7 Å². The molecule has 0 atom stereocenters. The monoisotopic (exact) mass is 441 g/mol. The molecule has 31 heavy (non-hydrogen) atoms. The first-order valence-electron chi connectivity index (χ1n) is 10.9. The van der Waals surface area contributed by atoms with Gasteiger partial charge in [0.2, 0.25) is 0 Å². The summed E-state index contributed by atoms with van der Waals surface area (Å²) in [7, 11) is 0. The number of aromatic nitrogens is 1. The van der Waals surface area contributed by atoms with E-state index in [9.17, 15) is 9.18 Å². The molecule has 3 N–H and O–H groups in total. The number of fused-ring (bicyclic) bond motifs is 1. The number of aliphatic hydroxyl groups is 1. The van der Waals surface area contributed by atoms with Gasteiger partial charge in [-0.25, -0.2) is 9.37 Å². The van der Waals surface area contributed by atoms with Crippen LogP contribution < -0.4 is 10.6 Å². The zero-order valence-corrected chi connectivity index (χ0v) is 18.3. The van der Waals surface area contributed by atoms with Gasteiger partial charge in [-0.15, -0.1) is 11.3 Å². The number of benzene rings is 1. The van der Waals surface area contributed by atoms with Gasteiger partial charge in [0.05, 0.1) is 11.5 Å². The van der Waals surface area contributed by atoms with Gasteiger partial charge in [0.15, 0.2) is 0 Å². The van der Waals surface area contributed by atoms with Crippen molar-refractivity contribution in [2.24, 2.45) is 5.92 Å². The van der Waals surface area contributed by atoms with Crippen molar-refractivity contribution in [1.29, 1.82) is 0 Å². The second-order valence-corrected chi connectivity index (χ2v) is 9.16. The van der Waals surface area contributed by atoms with Crippen molar-refractivity contribution in [3.63, 3.8) is 0 Å². The van der Waals surface area contributed by atoms with Gasteiger partial charge in [-0.2, -0.15) is 0 Å². The summed E-state index contributed by atoms with van der Waals surface area (Å²) in [6.45, 7) is 1.77. The van der Waals surface area contributed by atoms with E-state index in [2.05, 4.69) is 21.7 Å². The van der Waals surface area contributed by atoms with E-state index in [1.54, 1.807) is 18.3 Å². The molecule has 1 aliphatic carbocycles. The highest BCUT2D eigenvalue weighted by Crippen LogP contribution is 2.43. The number of amides is 1. The summed E-state index contributed by atoms with van der Waals surface area (Å²) in [5.74, 6) is 0.605. The highest BCUT2D eigenvalue weighted by atomic mass is 32.1. The Morgan fingerprint density at radius 2 is 2.03 bits per heavy atom. The van der Waals surface area contributed by atoms with Gasteiger partial charge in [0.25, 0.3) is 5.91 Å². The molecule has 0 radical (unpaired) electrons. The maximum Gasteiger partial charge on any atom is 0.261 e. The predicted molar refractivity (Wildman–Crippen MR) is 122 cm³/mol. The molecule has 1 amide bonds. The third kappa shape index (κ3) is 5.29. The number of aliphatic hydroxyl groups excluding tert-OH is 1. The number of thiophene rings is 1. The Balaban J connectivity index is 1.39. The second-order valence-electron chi connectivity index (χ2n) is 8.16. The quantitative estimate of drug-likeness (QED) is 0.489. The van der Waals surface area contributed by atoms with Crippen molar-refractivity contribution >= 4 is 27.5 Å². The summed E-state index contributed by atoms with van der Waals surface area (Å²) in [4.78, 5) is 18.8. The standard InChI is InChI=1S/C24H28FN3O2S/c25-19-4-1-3-17(13-19)15-26-14-16-6-8-18(9-7-16)21-20-5-2-10-28-24(20)31-22(21)23(30)27-11-12-29/h1-5,10,13,16,18,26,29H,6-9,11-12,14-15H2,(H,27,30). The maximum absolute atomic E-state index is 13.3. The topological polar surface area (TPSA) is 74.2 Å². The third-order valence-corrected chi connectivity index (χ3v) is 7.14. The summed E-state index contributed by atoms with van der Waals surface area (Å²) < 4.78 is 13.3. The SMILES string of the molecule is O=C(NCCO)c1sc2ncccc2c1C1CCC(CNCc2cccc(F)c2)CC1. The van der Waals surface area contributed by atoms with Gasteiger partial charge < -0.3 is 15.7 Å². The van der Waals surface area contributed by atoms with E-state index in [1.165, 1.54) is 17.4 Å². The number of nitrogens with one attached hydrogen (secondary N) is 2. The van der Waals surface area contributed by atoms with Crippen molar-refractivity contribution in [2.45, 2.75) is 38.1 Å². The number of hydrogen-bond acceptors (Lipinski definition) is 5. The zero-order valence-electron chi connectivity index (χ0n) is 17.4. The lowest BCUT2D eigenvalue weighted by Gasteiger charge is -2.29. The average molecular weight is 442 g/mol. The molecule has 0 spiro atoms. The molecule has 5 nitrogen and oxygen atoms in total. The molecule has 1 aliphatic rings. The Morgan fingerprint density at radius 3 is 2.81 bits per heavy atom. The molecule has 0 aliphatic heterocycles. The molecule has 0 unspecified atom stereocenters. The Morgan fingerprint density at radius 1 is 1.19 bits per heavy atom. The van der Waals surface area contributed by atoms with Crippen molar-refractivity contribution in [3.8, 4) is 0 Å². The first-order valence-corrected chi connectivity index (χ1v) is 11.7. The van der Waals surface area contributed by atoms with E-state index in [0.717, 1.165) is 58.4 Å². The molecule has 1 fully saturated rings. The van der Waals surface area contributed by atoms with Gasteiger partial charge >= 0.3 is 0 Å². The van der Waals surface area contributed by atoms with Crippen molar-refractivity contribution in [1.82, 2.24) is 15.6 Å². The first-order chi connectivity index (χ1) is 15.2. The smallest absolute Gasteiger partial charge is 0.261 e. The maximum atomic E-state index is 13.3. The molecule has 2 aromatic heterocycles. The minimum atomic E-state index is -0.198. The largest absolute Gasteiger partial charge is 0.395 e. The second kappa shape index (κ2) is 10.3. The summed E-state index contributed by atoms with van der Waals surface area (Å²) in [6.07, 6.45) is 6.02. The normalized spacial score (nSPS) is 18.9. The molecule has 4 rings (SSSR count). The summed E-state index contributed by atoms with van der Waals surface area (Å²) >= 11 is 1.44. The Labute approximate surface area is 185 Å². The van der Waals surface area contributed by atoms with Gasteiger partial charge in [-0.05, 0) is 73.4 Å². The van der Waals surface area contributed by atoms with E-state index in [4.69, 9.17) is 5.11 Å². The number of nitrogens with zero attached hydrogens (tertiary/aromatic N) is 1. The fourth-order valence-corrected chi connectivity index (χ4v) is 5.64. The highest BCUT2D eigenvalue weighted by molar-refractivity contribution is 7.20. The number of halogens is 1. The molecule has 7 heteroatoms. The van der Waals surface area contributed by atoms with Crippen LogP contribution in [0.3, 0.4) is 0 Å². The number of carbonyl (C=O) groups is 1. The fraction of sp³-hybridized carbons (Fsp3) is 0.417. The van der Waals surface area contributed by atoms with Crippen LogP contribution in [0.4, 0.5) is 4.39 Å². The van der Waals surface area contributed by atoms with Crippen LogP contribution in [0.1, 0.15) is 52.4 Å². The average Bonchev–Trinajstić information content (AvgIpc) is 3.18. The lowest BCUT2D eigenvalue weighted by molar-refractivity contribution is 0.0947. The summed E-state index contributed by atoms with van der Waals surface area (Å²) in [6, 6.07) is 10.7. The molecule has 164 valence electrons. The molecule has 3 aromatic rings. The lowest BCUT2D eigenvalue weighted by Crippen LogP contribution is -2.28. The fourth-order valence-electron chi connectivity index (χ4n) is 4.50.